The van der Waals surface area contributed by atoms with E-state index in [0.717, 1.165) is 70.8 Å². The zero-order valence-corrected chi connectivity index (χ0v) is 21.8. The molecule has 1 aromatic carbocycles. The van der Waals surface area contributed by atoms with Crippen molar-refractivity contribution in [2.24, 2.45) is 10.9 Å². The highest BCUT2D eigenvalue weighted by Gasteiger charge is 2.15. The molecule has 0 unspecified atom stereocenters. The number of likely N-dealkylation sites (tertiary alicyclic amines) is 1. The molecule has 0 amide bonds. The highest BCUT2D eigenvalue weighted by atomic mass is 127. The van der Waals surface area contributed by atoms with Crippen LogP contribution >= 0.6 is 24.0 Å². The second-order valence-electron chi connectivity index (χ2n) is 8.70. The van der Waals surface area contributed by atoms with Gasteiger partial charge in [0.05, 0.1) is 19.8 Å². The predicted molar refractivity (Wildman–Crippen MR) is 140 cm³/mol. The Hall–Kier alpha value is -0.900. The van der Waals surface area contributed by atoms with Gasteiger partial charge in [-0.25, -0.2) is 4.99 Å². The lowest BCUT2D eigenvalue weighted by Crippen LogP contribution is -2.40. The smallest absolute Gasteiger partial charge is 0.191 e. The topological polar surface area (TPSA) is 52.1 Å². The maximum Gasteiger partial charge on any atom is 0.191 e. The summed E-state index contributed by atoms with van der Waals surface area (Å²) in [7, 11) is 0. The zero-order valence-electron chi connectivity index (χ0n) is 19.4. The summed E-state index contributed by atoms with van der Waals surface area (Å²) in [5, 5.41) is 6.83. The highest BCUT2D eigenvalue weighted by molar-refractivity contribution is 14.0. The van der Waals surface area contributed by atoms with Crippen LogP contribution in [-0.2, 0) is 17.8 Å². The molecule has 2 saturated heterocycles. The Kier molecular flexibility index (Phi) is 12.8. The summed E-state index contributed by atoms with van der Waals surface area (Å²) >= 11 is 0. The van der Waals surface area contributed by atoms with Gasteiger partial charge >= 0.3 is 0 Å². The van der Waals surface area contributed by atoms with Crippen LogP contribution in [0, 0.1) is 5.92 Å². The average molecular weight is 544 g/mol. The summed E-state index contributed by atoms with van der Waals surface area (Å²) < 4.78 is 5.41. The Morgan fingerprint density at radius 2 is 1.68 bits per heavy atom. The molecule has 0 aliphatic carbocycles. The maximum absolute atomic E-state index is 5.41. The van der Waals surface area contributed by atoms with Crippen LogP contribution in [0.2, 0.25) is 0 Å². The van der Waals surface area contributed by atoms with Gasteiger partial charge in [0.1, 0.15) is 0 Å². The number of ether oxygens (including phenoxy) is 1. The first-order valence-corrected chi connectivity index (χ1v) is 11.9. The van der Waals surface area contributed by atoms with Crippen molar-refractivity contribution in [1.29, 1.82) is 0 Å². The lowest BCUT2D eigenvalue weighted by molar-refractivity contribution is 0.0376. The van der Waals surface area contributed by atoms with Crippen LogP contribution in [0.25, 0.3) is 0 Å². The summed E-state index contributed by atoms with van der Waals surface area (Å²) in [5.41, 5.74) is 2.67. The van der Waals surface area contributed by atoms with Gasteiger partial charge in [-0.15, -0.1) is 24.0 Å². The molecule has 2 aliphatic heterocycles. The largest absolute Gasteiger partial charge is 0.379 e. The van der Waals surface area contributed by atoms with Gasteiger partial charge in [0, 0.05) is 32.7 Å². The Labute approximate surface area is 206 Å². The minimum Gasteiger partial charge on any atom is -0.379 e. The minimum absolute atomic E-state index is 0. The van der Waals surface area contributed by atoms with Crippen molar-refractivity contribution in [2.75, 3.05) is 59.0 Å². The number of morpholine rings is 1. The molecule has 31 heavy (non-hydrogen) atoms. The molecule has 3 rings (SSSR count). The monoisotopic (exact) mass is 543 g/mol. The number of rotatable bonds is 9. The number of halogens is 1. The third-order valence-electron chi connectivity index (χ3n) is 6.12. The Balaban J connectivity index is 0.00000341. The molecule has 1 aromatic rings. The molecule has 176 valence electrons. The Bertz CT molecular complexity index is 625. The molecule has 2 N–H and O–H groups in total. The summed E-state index contributed by atoms with van der Waals surface area (Å²) in [6.07, 6.45) is 3.79. The number of nitrogens with zero attached hydrogens (tertiary/aromatic N) is 3. The fourth-order valence-electron chi connectivity index (χ4n) is 4.07. The summed E-state index contributed by atoms with van der Waals surface area (Å²) in [5.74, 6) is 1.80. The number of nitrogens with one attached hydrogen (secondary N) is 2. The third kappa shape index (κ3) is 10.1. The van der Waals surface area contributed by atoms with E-state index in [0.29, 0.717) is 6.54 Å². The van der Waals surface area contributed by atoms with Gasteiger partial charge in [0.15, 0.2) is 5.96 Å². The third-order valence-corrected chi connectivity index (χ3v) is 6.12. The number of piperidine rings is 1. The first-order chi connectivity index (χ1) is 14.7. The van der Waals surface area contributed by atoms with E-state index in [2.05, 4.69) is 58.5 Å². The Morgan fingerprint density at radius 3 is 2.35 bits per heavy atom. The van der Waals surface area contributed by atoms with Crippen molar-refractivity contribution in [1.82, 2.24) is 20.4 Å². The van der Waals surface area contributed by atoms with E-state index in [1.54, 1.807) is 0 Å². The molecular weight excluding hydrogens is 501 g/mol. The van der Waals surface area contributed by atoms with Crippen molar-refractivity contribution in [2.45, 2.75) is 46.2 Å². The molecule has 0 saturated carbocycles. The van der Waals surface area contributed by atoms with Gasteiger partial charge in [-0.05, 0) is 62.9 Å². The van der Waals surface area contributed by atoms with E-state index in [9.17, 15) is 0 Å². The number of aliphatic imine (C=N–C) groups is 1. The minimum atomic E-state index is 0. The van der Waals surface area contributed by atoms with E-state index in [-0.39, 0.29) is 24.0 Å². The number of hydrogen-bond acceptors (Lipinski definition) is 4. The van der Waals surface area contributed by atoms with Gasteiger partial charge in [0.25, 0.3) is 0 Å². The van der Waals surface area contributed by atoms with Crippen molar-refractivity contribution in [3.8, 4) is 0 Å². The molecule has 6 nitrogen and oxygen atoms in total. The van der Waals surface area contributed by atoms with E-state index in [1.165, 1.54) is 37.1 Å². The second kappa shape index (κ2) is 15.0. The first kappa shape index (κ1) is 26.4. The van der Waals surface area contributed by atoms with Crippen molar-refractivity contribution in [3.63, 3.8) is 0 Å². The lowest BCUT2D eigenvalue weighted by atomic mass is 9.99. The average Bonchev–Trinajstić information content (AvgIpc) is 2.78. The molecule has 2 aliphatic rings. The molecular formula is C24H42IN5O. The van der Waals surface area contributed by atoms with Gasteiger partial charge in [-0.3, -0.25) is 9.80 Å². The molecule has 2 fully saturated rings. The Morgan fingerprint density at radius 1 is 1.00 bits per heavy atom. The molecule has 0 bridgehead atoms. The lowest BCUT2D eigenvalue weighted by Gasteiger charge is -2.30. The van der Waals surface area contributed by atoms with Crippen LogP contribution in [0.15, 0.2) is 29.3 Å². The van der Waals surface area contributed by atoms with E-state index >= 15 is 0 Å². The molecule has 0 spiro atoms. The summed E-state index contributed by atoms with van der Waals surface area (Å²) in [6.45, 7) is 15.5. The van der Waals surface area contributed by atoms with Crippen molar-refractivity contribution >= 4 is 29.9 Å². The summed E-state index contributed by atoms with van der Waals surface area (Å²) in [6, 6.07) is 9.00. The molecule has 2 heterocycles. The van der Waals surface area contributed by atoms with Gasteiger partial charge in [0.2, 0.25) is 0 Å². The maximum atomic E-state index is 5.41. The standard InChI is InChI=1S/C24H41N5O.HI/c1-3-25-24(26-11-4-12-28-15-17-30-18-16-28)27-19-22-5-7-23(8-6-22)20-29-13-9-21(2)10-14-29;/h5-8,21H,3-4,9-20H2,1-2H3,(H2,25,26,27);1H. The number of hydrogen-bond donors (Lipinski definition) is 2. The quantitative estimate of drug-likeness (QED) is 0.217. The van der Waals surface area contributed by atoms with E-state index in [4.69, 9.17) is 9.73 Å². The first-order valence-electron chi connectivity index (χ1n) is 11.9. The SMILES string of the molecule is CCNC(=NCc1ccc(CN2CCC(C)CC2)cc1)NCCCN1CCOCC1.I. The number of benzene rings is 1. The van der Waals surface area contributed by atoms with Gasteiger partial charge < -0.3 is 15.4 Å². The van der Waals surface area contributed by atoms with Crippen LogP contribution in [-0.4, -0.2) is 74.8 Å². The number of guanidine groups is 1. The second-order valence-corrected chi connectivity index (χ2v) is 8.70. The van der Waals surface area contributed by atoms with E-state index < -0.39 is 0 Å². The molecule has 0 atom stereocenters. The van der Waals surface area contributed by atoms with Gasteiger partial charge in [-0.1, -0.05) is 31.2 Å². The summed E-state index contributed by atoms with van der Waals surface area (Å²) in [4.78, 5) is 9.83. The zero-order chi connectivity index (χ0) is 21.0. The predicted octanol–water partition coefficient (Wildman–Crippen LogP) is 3.31. The normalized spacial score (nSPS) is 19.1. The molecule has 0 radical (unpaired) electrons. The van der Waals surface area contributed by atoms with Gasteiger partial charge in [-0.2, -0.15) is 0 Å². The van der Waals surface area contributed by atoms with Crippen LogP contribution < -0.4 is 10.6 Å². The van der Waals surface area contributed by atoms with Crippen molar-refractivity contribution < 1.29 is 4.74 Å². The van der Waals surface area contributed by atoms with Crippen LogP contribution in [0.1, 0.15) is 44.2 Å². The highest BCUT2D eigenvalue weighted by Crippen LogP contribution is 2.18. The van der Waals surface area contributed by atoms with Crippen LogP contribution in [0.5, 0.6) is 0 Å². The molecule has 0 aromatic heterocycles. The van der Waals surface area contributed by atoms with Crippen LogP contribution in [0.3, 0.4) is 0 Å². The van der Waals surface area contributed by atoms with E-state index in [1.807, 2.05) is 0 Å². The van der Waals surface area contributed by atoms with Crippen molar-refractivity contribution in [3.05, 3.63) is 35.4 Å². The van der Waals surface area contributed by atoms with Crippen LogP contribution in [0.4, 0.5) is 0 Å². The molecule has 7 heteroatoms. The fraction of sp³-hybridized carbons (Fsp3) is 0.708. The fourth-order valence-corrected chi connectivity index (χ4v) is 4.07.